The third-order valence-electron chi connectivity index (χ3n) is 4.14. The van der Waals surface area contributed by atoms with Crippen molar-refractivity contribution >= 4 is 11.9 Å². The van der Waals surface area contributed by atoms with Crippen LogP contribution in [0.4, 0.5) is 4.79 Å². The van der Waals surface area contributed by atoms with E-state index in [4.69, 9.17) is 0 Å². The van der Waals surface area contributed by atoms with Gasteiger partial charge in [0.05, 0.1) is 6.42 Å². The summed E-state index contributed by atoms with van der Waals surface area (Å²) in [7, 11) is 0. The standard InChI is InChI=1S/C18H27N3O2/c1-3-9-19-18(23)21-11-4-10-20(12-13-21)17(22)14-16-7-5-15(2)6-8-16/h5-8H,3-4,9-14H2,1-2H3,(H,19,23). The molecule has 3 amide bonds. The van der Waals surface area contributed by atoms with Gasteiger partial charge in [0.25, 0.3) is 0 Å². The predicted molar refractivity (Wildman–Crippen MR) is 91.3 cm³/mol. The SMILES string of the molecule is CCCNC(=O)N1CCCN(C(=O)Cc2ccc(C)cc2)CC1. The van der Waals surface area contributed by atoms with Crippen molar-refractivity contribution in [1.82, 2.24) is 15.1 Å². The summed E-state index contributed by atoms with van der Waals surface area (Å²) in [6, 6.07) is 8.07. The Morgan fingerprint density at radius 2 is 1.70 bits per heavy atom. The van der Waals surface area contributed by atoms with Crippen LogP contribution in [0.25, 0.3) is 0 Å². The van der Waals surface area contributed by atoms with Crippen molar-refractivity contribution in [3.05, 3.63) is 35.4 Å². The van der Waals surface area contributed by atoms with Crippen LogP contribution in [0.3, 0.4) is 0 Å². The van der Waals surface area contributed by atoms with E-state index in [-0.39, 0.29) is 11.9 Å². The molecule has 0 aliphatic carbocycles. The van der Waals surface area contributed by atoms with Crippen LogP contribution in [-0.2, 0) is 11.2 Å². The van der Waals surface area contributed by atoms with Crippen molar-refractivity contribution in [3.63, 3.8) is 0 Å². The predicted octanol–water partition coefficient (Wildman–Crippen LogP) is 2.19. The van der Waals surface area contributed by atoms with Crippen molar-refractivity contribution in [3.8, 4) is 0 Å². The van der Waals surface area contributed by atoms with Gasteiger partial charge in [-0.2, -0.15) is 0 Å². The van der Waals surface area contributed by atoms with Gasteiger partial charge in [-0.15, -0.1) is 0 Å². The zero-order valence-electron chi connectivity index (χ0n) is 14.2. The summed E-state index contributed by atoms with van der Waals surface area (Å²) in [6.07, 6.45) is 2.20. The fourth-order valence-corrected chi connectivity index (χ4v) is 2.71. The Kier molecular flexibility index (Phi) is 6.44. The number of carbonyl (C=O) groups is 2. The molecule has 5 heteroatoms. The van der Waals surface area contributed by atoms with Gasteiger partial charge in [-0.1, -0.05) is 36.8 Å². The molecule has 1 heterocycles. The van der Waals surface area contributed by atoms with E-state index in [1.165, 1.54) is 5.56 Å². The van der Waals surface area contributed by atoms with E-state index in [9.17, 15) is 9.59 Å². The van der Waals surface area contributed by atoms with Gasteiger partial charge in [0.2, 0.25) is 5.91 Å². The molecule has 1 fully saturated rings. The Hall–Kier alpha value is -2.04. The van der Waals surface area contributed by atoms with E-state index in [1.807, 2.05) is 47.9 Å². The Morgan fingerprint density at radius 3 is 2.39 bits per heavy atom. The lowest BCUT2D eigenvalue weighted by atomic mass is 10.1. The Bertz CT molecular complexity index is 528. The first kappa shape index (κ1) is 17.3. The van der Waals surface area contributed by atoms with Crippen LogP contribution < -0.4 is 5.32 Å². The number of nitrogens with zero attached hydrogens (tertiary/aromatic N) is 2. The van der Waals surface area contributed by atoms with Crippen LogP contribution in [0, 0.1) is 6.92 Å². The molecule has 2 rings (SSSR count). The second-order valence-corrected chi connectivity index (χ2v) is 6.12. The Balaban J connectivity index is 1.85. The van der Waals surface area contributed by atoms with Crippen molar-refractivity contribution in [2.24, 2.45) is 0 Å². The van der Waals surface area contributed by atoms with Gasteiger partial charge in [-0.25, -0.2) is 4.79 Å². The molecule has 23 heavy (non-hydrogen) atoms. The van der Waals surface area contributed by atoms with Crippen molar-refractivity contribution in [2.45, 2.75) is 33.1 Å². The molecule has 0 saturated carbocycles. The minimum Gasteiger partial charge on any atom is -0.341 e. The molecule has 0 spiro atoms. The Morgan fingerprint density at radius 1 is 1.04 bits per heavy atom. The molecular formula is C18H27N3O2. The van der Waals surface area contributed by atoms with Gasteiger partial charge in [0.1, 0.15) is 0 Å². The smallest absolute Gasteiger partial charge is 0.317 e. The maximum Gasteiger partial charge on any atom is 0.317 e. The van der Waals surface area contributed by atoms with Gasteiger partial charge < -0.3 is 15.1 Å². The number of urea groups is 1. The minimum absolute atomic E-state index is 0.0142. The number of amides is 3. The molecule has 1 N–H and O–H groups in total. The van der Waals surface area contributed by atoms with Gasteiger partial charge in [-0.05, 0) is 25.3 Å². The molecule has 5 nitrogen and oxygen atoms in total. The Labute approximate surface area is 138 Å². The lowest BCUT2D eigenvalue weighted by Gasteiger charge is -2.22. The second-order valence-electron chi connectivity index (χ2n) is 6.12. The largest absolute Gasteiger partial charge is 0.341 e. The van der Waals surface area contributed by atoms with Gasteiger partial charge in [-0.3, -0.25) is 4.79 Å². The molecule has 1 aliphatic heterocycles. The molecule has 0 atom stereocenters. The zero-order valence-corrected chi connectivity index (χ0v) is 14.2. The van der Waals surface area contributed by atoms with Crippen LogP contribution in [0.5, 0.6) is 0 Å². The lowest BCUT2D eigenvalue weighted by Crippen LogP contribution is -2.43. The van der Waals surface area contributed by atoms with E-state index in [1.54, 1.807) is 0 Å². The second kappa shape index (κ2) is 8.56. The number of carbonyl (C=O) groups excluding carboxylic acids is 2. The summed E-state index contributed by atoms with van der Waals surface area (Å²) in [4.78, 5) is 28.2. The highest BCUT2D eigenvalue weighted by molar-refractivity contribution is 5.79. The third-order valence-corrected chi connectivity index (χ3v) is 4.14. The summed E-state index contributed by atoms with van der Waals surface area (Å²) in [5.41, 5.74) is 2.24. The topological polar surface area (TPSA) is 52.7 Å². The van der Waals surface area contributed by atoms with Crippen LogP contribution in [-0.4, -0.2) is 54.5 Å². The molecule has 0 radical (unpaired) electrons. The van der Waals surface area contributed by atoms with Crippen molar-refractivity contribution in [2.75, 3.05) is 32.7 Å². The summed E-state index contributed by atoms with van der Waals surface area (Å²) < 4.78 is 0. The monoisotopic (exact) mass is 317 g/mol. The van der Waals surface area contributed by atoms with Gasteiger partial charge in [0, 0.05) is 32.7 Å². The lowest BCUT2D eigenvalue weighted by molar-refractivity contribution is -0.130. The van der Waals surface area contributed by atoms with E-state index in [2.05, 4.69) is 5.32 Å². The molecule has 1 saturated heterocycles. The maximum absolute atomic E-state index is 12.5. The van der Waals surface area contributed by atoms with E-state index in [0.717, 1.165) is 24.9 Å². The molecular weight excluding hydrogens is 290 g/mol. The highest BCUT2D eigenvalue weighted by atomic mass is 16.2. The maximum atomic E-state index is 12.5. The highest BCUT2D eigenvalue weighted by Gasteiger charge is 2.21. The molecule has 1 aromatic carbocycles. The summed E-state index contributed by atoms with van der Waals surface area (Å²) >= 11 is 0. The van der Waals surface area contributed by atoms with Crippen molar-refractivity contribution in [1.29, 1.82) is 0 Å². The number of benzene rings is 1. The molecule has 0 aromatic heterocycles. The van der Waals surface area contributed by atoms with Gasteiger partial charge in [0.15, 0.2) is 0 Å². The number of nitrogens with one attached hydrogen (secondary N) is 1. The zero-order chi connectivity index (χ0) is 16.7. The third kappa shape index (κ3) is 5.27. The molecule has 1 aliphatic rings. The highest BCUT2D eigenvalue weighted by Crippen LogP contribution is 2.09. The van der Waals surface area contributed by atoms with Crippen LogP contribution in [0.2, 0.25) is 0 Å². The van der Waals surface area contributed by atoms with Crippen LogP contribution >= 0.6 is 0 Å². The first-order chi connectivity index (χ1) is 11.1. The average molecular weight is 317 g/mol. The minimum atomic E-state index is -0.0142. The molecule has 0 bridgehead atoms. The number of rotatable bonds is 4. The molecule has 0 unspecified atom stereocenters. The number of aryl methyl sites for hydroxylation is 1. The number of hydrogen-bond acceptors (Lipinski definition) is 2. The first-order valence-electron chi connectivity index (χ1n) is 8.46. The van der Waals surface area contributed by atoms with Crippen LogP contribution in [0.15, 0.2) is 24.3 Å². The fraction of sp³-hybridized carbons (Fsp3) is 0.556. The summed E-state index contributed by atoms with van der Waals surface area (Å²) in [5.74, 6) is 0.143. The number of hydrogen-bond donors (Lipinski definition) is 1. The fourth-order valence-electron chi connectivity index (χ4n) is 2.71. The molecule has 1 aromatic rings. The van der Waals surface area contributed by atoms with Crippen LogP contribution in [0.1, 0.15) is 30.9 Å². The molecule has 126 valence electrons. The normalized spacial score (nSPS) is 15.2. The van der Waals surface area contributed by atoms with E-state index in [0.29, 0.717) is 32.6 Å². The van der Waals surface area contributed by atoms with E-state index < -0.39 is 0 Å². The summed E-state index contributed by atoms with van der Waals surface area (Å²) in [5, 5.41) is 2.90. The quantitative estimate of drug-likeness (QED) is 0.925. The summed E-state index contributed by atoms with van der Waals surface area (Å²) in [6.45, 7) is 7.43. The van der Waals surface area contributed by atoms with Crippen molar-refractivity contribution < 1.29 is 9.59 Å². The average Bonchev–Trinajstić information content (AvgIpc) is 2.81. The van der Waals surface area contributed by atoms with E-state index >= 15 is 0 Å². The first-order valence-corrected chi connectivity index (χ1v) is 8.46. The van der Waals surface area contributed by atoms with Gasteiger partial charge >= 0.3 is 6.03 Å².